The van der Waals surface area contributed by atoms with E-state index in [0.717, 1.165) is 31.2 Å². The van der Waals surface area contributed by atoms with E-state index in [4.69, 9.17) is 16.3 Å². The minimum Gasteiger partial charge on any atom is -0.508 e. The average molecular weight is 458 g/mol. The smallest absolute Gasteiger partial charge is 0.233 e. The summed E-state index contributed by atoms with van der Waals surface area (Å²) in [7, 11) is 0. The van der Waals surface area contributed by atoms with Crippen molar-refractivity contribution in [3.05, 3.63) is 45.5 Å². The fourth-order valence-corrected chi connectivity index (χ4v) is 5.89. The van der Waals surface area contributed by atoms with E-state index in [9.17, 15) is 14.7 Å². The van der Waals surface area contributed by atoms with Crippen LogP contribution in [0.25, 0.3) is 6.08 Å². The number of likely N-dealkylation sites (tertiary alicyclic amines) is 1. The zero-order chi connectivity index (χ0) is 23.0. The number of ether oxygens (including phenoxy) is 1. The number of aromatic hydroxyl groups is 1. The van der Waals surface area contributed by atoms with Crippen molar-refractivity contribution >= 4 is 29.5 Å². The Kier molecular flexibility index (Phi) is 6.78. The molecule has 2 amide bonds. The highest BCUT2D eigenvalue weighted by atomic mass is 35.5. The van der Waals surface area contributed by atoms with Crippen LogP contribution in [0, 0.1) is 17.8 Å². The SMILES string of the molecule is CCCN1C(=O)[C@@H]2[C@@H](CC(C)=C3[C@@H](CC/C(=C/c4ccc(O)cc4Cl)CC)OC[C@@H]32)C1=O. The second kappa shape index (κ2) is 9.40. The quantitative estimate of drug-likeness (QED) is 0.441. The van der Waals surface area contributed by atoms with Crippen LogP contribution in [0.4, 0.5) is 0 Å². The molecule has 0 unspecified atom stereocenters. The van der Waals surface area contributed by atoms with Gasteiger partial charge < -0.3 is 9.84 Å². The average Bonchev–Trinajstić information content (AvgIpc) is 3.28. The minimum absolute atomic E-state index is 0.00258. The van der Waals surface area contributed by atoms with Gasteiger partial charge in [-0.15, -0.1) is 0 Å². The second-order valence-corrected chi connectivity index (χ2v) is 9.64. The largest absolute Gasteiger partial charge is 0.508 e. The van der Waals surface area contributed by atoms with Crippen LogP contribution in [0.2, 0.25) is 5.02 Å². The maximum absolute atomic E-state index is 13.1. The van der Waals surface area contributed by atoms with Crippen molar-refractivity contribution in [3.63, 3.8) is 0 Å². The van der Waals surface area contributed by atoms with Gasteiger partial charge in [0.2, 0.25) is 11.8 Å². The normalized spacial score (nSPS) is 27.9. The summed E-state index contributed by atoms with van der Waals surface area (Å²) in [6, 6.07) is 5.03. The summed E-state index contributed by atoms with van der Waals surface area (Å²) in [5, 5.41) is 10.1. The van der Waals surface area contributed by atoms with Crippen LogP contribution in [-0.4, -0.2) is 41.1 Å². The fraction of sp³-hybridized carbons (Fsp3) is 0.538. The molecule has 1 aromatic rings. The number of benzene rings is 1. The summed E-state index contributed by atoms with van der Waals surface area (Å²) in [6.07, 6.45) is 6.15. The highest BCUT2D eigenvalue weighted by Crippen LogP contribution is 2.49. The number of rotatable bonds is 7. The van der Waals surface area contributed by atoms with Crippen molar-refractivity contribution in [2.45, 2.75) is 59.0 Å². The van der Waals surface area contributed by atoms with E-state index in [-0.39, 0.29) is 41.4 Å². The molecule has 2 fully saturated rings. The monoisotopic (exact) mass is 457 g/mol. The van der Waals surface area contributed by atoms with Gasteiger partial charge in [-0.05, 0) is 68.4 Å². The van der Waals surface area contributed by atoms with Crippen LogP contribution in [0.3, 0.4) is 0 Å². The lowest BCUT2D eigenvalue weighted by Crippen LogP contribution is -2.34. The van der Waals surface area contributed by atoms with Crippen LogP contribution < -0.4 is 0 Å². The van der Waals surface area contributed by atoms with Gasteiger partial charge in [-0.3, -0.25) is 14.5 Å². The topological polar surface area (TPSA) is 66.8 Å². The number of hydrogen-bond donors (Lipinski definition) is 1. The molecule has 4 rings (SSSR count). The standard InChI is InChI=1S/C26H32ClNO4/c1-4-10-28-25(30)19-11-15(3)23-20(24(19)26(28)31)14-32-22(23)9-6-16(5-2)12-17-7-8-18(29)13-21(17)27/h7-8,12-13,19-20,22,24,29H,4-6,9-11,14H2,1-3H3/b16-12+/t19-,20+,22-,24-/m1/s1. The van der Waals surface area contributed by atoms with Crippen molar-refractivity contribution in [1.82, 2.24) is 4.90 Å². The number of halogens is 1. The number of allylic oxidation sites excluding steroid dienone is 2. The van der Waals surface area contributed by atoms with Crippen LogP contribution in [0.15, 0.2) is 34.9 Å². The van der Waals surface area contributed by atoms with Gasteiger partial charge in [-0.1, -0.05) is 42.7 Å². The number of carbonyl (C=O) groups excluding carboxylic acids is 2. The Balaban J connectivity index is 1.49. The molecule has 5 nitrogen and oxygen atoms in total. The lowest BCUT2D eigenvalue weighted by atomic mass is 9.70. The van der Waals surface area contributed by atoms with Crippen LogP contribution in [-0.2, 0) is 14.3 Å². The molecule has 0 bridgehead atoms. The van der Waals surface area contributed by atoms with Crippen molar-refractivity contribution in [2.75, 3.05) is 13.2 Å². The third-order valence-electron chi connectivity index (χ3n) is 7.22. The van der Waals surface area contributed by atoms with E-state index >= 15 is 0 Å². The van der Waals surface area contributed by atoms with Crippen molar-refractivity contribution in [1.29, 1.82) is 0 Å². The minimum atomic E-state index is -0.255. The maximum atomic E-state index is 13.1. The van der Waals surface area contributed by atoms with Crippen LogP contribution >= 0.6 is 11.6 Å². The number of imide groups is 1. The van der Waals surface area contributed by atoms with E-state index < -0.39 is 0 Å². The molecule has 0 radical (unpaired) electrons. The maximum Gasteiger partial charge on any atom is 0.233 e. The molecule has 0 spiro atoms. The lowest BCUT2D eigenvalue weighted by Gasteiger charge is -2.30. The molecule has 32 heavy (non-hydrogen) atoms. The van der Waals surface area contributed by atoms with Gasteiger partial charge in [0.1, 0.15) is 5.75 Å². The third-order valence-corrected chi connectivity index (χ3v) is 7.54. The first kappa shape index (κ1) is 23.1. The molecule has 1 aliphatic carbocycles. The first-order valence-electron chi connectivity index (χ1n) is 11.7. The molecule has 2 heterocycles. The second-order valence-electron chi connectivity index (χ2n) is 9.23. The molecule has 6 heteroatoms. The highest BCUT2D eigenvalue weighted by molar-refractivity contribution is 6.32. The number of nitrogens with zero attached hydrogens (tertiary/aromatic N) is 1. The summed E-state index contributed by atoms with van der Waals surface area (Å²) in [5.74, 6) is -0.283. The predicted octanol–water partition coefficient (Wildman–Crippen LogP) is 5.37. The van der Waals surface area contributed by atoms with E-state index in [1.807, 2.05) is 13.0 Å². The van der Waals surface area contributed by atoms with E-state index in [0.29, 0.717) is 24.6 Å². The van der Waals surface area contributed by atoms with E-state index in [2.05, 4.69) is 19.9 Å². The molecule has 0 saturated carbocycles. The number of phenols is 1. The zero-order valence-electron chi connectivity index (χ0n) is 19.1. The molecular weight excluding hydrogens is 426 g/mol. The lowest BCUT2D eigenvalue weighted by molar-refractivity contribution is -0.140. The molecule has 3 aliphatic rings. The molecule has 4 atom stereocenters. The van der Waals surface area contributed by atoms with Crippen molar-refractivity contribution < 1.29 is 19.4 Å². The van der Waals surface area contributed by atoms with Gasteiger partial charge >= 0.3 is 0 Å². The number of carbonyl (C=O) groups is 2. The Labute approximate surface area is 195 Å². The zero-order valence-corrected chi connectivity index (χ0v) is 19.8. The first-order chi connectivity index (χ1) is 15.3. The Morgan fingerprint density at radius 1 is 1.25 bits per heavy atom. The van der Waals surface area contributed by atoms with Crippen LogP contribution in [0.1, 0.15) is 58.4 Å². The van der Waals surface area contributed by atoms with Gasteiger partial charge in [0, 0.05) is 12.5 Å². The molecular formula is C26H32ClNO4. The Bertz CT molecular complexity index is 982. The molecule has 1 aromatic carbocycles. The van der Waals surface area contributed by atoms with Gasteiger partial charge in [0.25, 0.3) is 0 Å². The summed E-state index contributed by atoms with van der Waals surface area (Å²) < 4.78 is 6.22. The predicted molar refractivity (Wildman–Crippen MR) is 125 cm³/mol. The summed E-state index contributed by atoms with van der Waals surface area (Å²) in [4.78, 5) is 27.4. The van der Waals surface area contributed by atoms with Gasteiger partial charge in [-0.2, -0.15) is 0 Å². The van der Waals surface area contributed by atoms with Gasteiger partial charge in [0.05, 0.1) is 29.6 Å². The molecule has 1 N–H and O–H groups in total. The van der Waals surface area contributed by atoms with E-state index in [1.165, 1.54) is 21.6 Å². The van der Waals surface area contributed by atoms with Gasteiger partial charge in [-0.25, -0.2) is 0 Å². The highest BCUT2D eigenvalue weighted by Gasteiger charge is 2.56. The van der Waals surface area contributed by atoms with Gasteiger partial charge in [0.15, 0.2) is 0 Å². The Hall–Kier alpha value is -2.11. The summed E-state index contributed by atoms with van der Waals surface area (Å²) >= 11 is 6.28. The fourth-order valence-electron chi connectivity index (χ4n) is 5.66. The molecule has 2 saturated heterocycles. The summed E-state index contributed by atoms with van der Waals surface area (Å²) in [5.41, 5.74) is 4.64. The van der Waals surface area contributed by atoms with E-state index in [1.54, 1.807) is 12.1 Å². The third kappa shape index (κ3) is 4.13. The van der Waals surface area contributed by atoms with Crippen molar-refractivity contribution in [3.8, 4) is 5.75 Å². The molecule has 172 valence electrons. The van der Waals surface area contributed by atoms with Crippen molar-refractivity contribution in [2.24, 2.45) is 17.8 Å². The first-order valence-corrected chi connectivity index (χ1v) is 12.1. The summed E-state index contributed by atoms with van der Waals surface area (Å²) in [6.45, 7) is 7.26. The number of fused-ring (bicyclic) bond motifs is 3. The number of hydrogen-bond acceptors (Lipinski definition) is 4. The Morgan fingerprint density at radius 3 is 2.72 bits per heavy atom. The Morgan fingerprint density at radius 2 is 2.03 bits per heavy atom. The molecule has 2 aliphatic heterocycles. The van der Waals surface area contributed by atoms with Crippen LogP contribution in [0.5, 0.6) is 5.75 Å². The number of amides is 2. The molecule has 0 aromatic heterocycles. The number of phenolic OH excluding ortho intramolecular Hbond substituents is 1.